The molecule has 1 amide bonds. The van der Waals surface area contributed by atoms with Crippen LogP contribution in [0.4, 0.5) is 4.39 Å². The number of nitrogens with zero attached hydrogens (tertiary/aromatic N) is 3. The fraction of sp³-hybridized carbons (Fsp3) is 0.556. The van der Waals surface area contributed by atoms with Gasteiger partial charge in [-0.25, -0.2) is 12.8 Å². The number of halogens is 1. The molecule has 27 heavy (non-hydrogen) atoms. The van der Waals surface area contributed by atoms with Gasteiger partial charge in [-0.1, -0.05) is 12.1 Å². The van der Waals surface area contributed by atoms with Crippen molar-refractivity contribution in [1.82, 2.24) is 14.5 Å². The van der Waals surface area contributed by atoms with Crippen molar-refractivity contribution in [1.29, 1.82) is 5.26 Å². The summed E-state index contributed by atoms with van der Waals surface area (Å²) >= 11 is 0. The van der Waals surface area contributed by atoms with Gasteiger partial charge in [-0.05, 0) is 37.8 Å². The molecule has 3 rings (SSSR count). The van der Waals surface area contributed by atoms with Gasteiger partial charge in [0.15, 0.2) is 0 Å². The third kappa shape index (κ3) is 4.29. The number of rotatable bonds is 6. The molecule has 1 atom stereocenters. The summed E-state index contributed by atoms with van der Waals surface area (Å²) in [5.74, 6) is -0.805. The number of nitriles is 1. The lowest BCUT2D eigenvalue weighted by Gasteiger charge is -2.34. The number of benzene rings is 1. The first-order valence-electron chi connectivity index (χ1n) is 8.95. The molecule has 0 unspecified atom stereocenters. The predicted octanol–water partition coefficient (Wildman–Crippen LogP) is 0.940. The van der Waals surface area contributed by atoms with Crippen molar-refractivity contribution in [2.45, 2.75) is 30.2 Å². The van der Waals surface area contributed by atoms with E-state index in [0.29, 0.717) is 13.1 Å². The SMILES string of the molecule is C[C@@](C#N)(NC(=O)CN1CCN(S(=O)(=O)c2ccccc2F)CC1)C1CC1. The van der Waals surface area contributed by atoms with Gasteiger partial charge >= 0.3 is 0 Å². The van der Waals surface area contributed by atoms with Gasteiger partial charge in [-0.15, -0.1) is 0 Å². The predicted molar refractivity (Wildman–Crippen MR) is 96.5 cm³/mol. The van der Waals surface area contributed by atoms with Crippen molar-refractivity contribution >= 4 is 15.9 Å². The van der Waals surface area contributed by atoms with Crippen LogP contribution in [-0.4, -0.2) is 61.8 Å². The Labute approximate surface area is 158 Å². The van der Waals surface area contributed by atoms with Crippen molar-refractivity contribution in [2.24, 2.45) is 5.92 Å². The largest absolute Gasteiger partial charge is 0.337 e. The van der Waals surface area contributed by atoms with E-state index in [4.69, 9.17) is 0 Å². The van der Waals surface area contributed by atoms with E-state index in [0.717, 1.165) is 18.9 Å². The second kappa shape index (κ2) is 7.54. The van der Waals surface area contributed by atoms with E-state index in [1.54, 1.807) is 6.92 Å². The molecular formula is C18H23FN4O3S. The molecule has 1 aromatic carbocycles. The Morgan fingerprint density at radius 1 is 1.30 bits per heavy atom. The molecule has 1 aromatic rings. The van der Waals surface area contributed by atoms with Crippen LogP contribution >= 0.6 is 0 Å². The summed E-state index contributed by atoms with van der Waals surface area (Å²) in [6.45, 7) is 2.95. The van der Waals surface area contributed by atoms with Crippen molar-refractivity contribution in [3.05, 3.63) is 30.1 Å². The van der Waals surface area contributed by atoms with E-state index in [1.807, 2.05) is 4.90 Å². The molecule has 1 saturated carbocycles. The molecular weight excluding hydrogens is 371 g/mol. The average molecular weight is 394 g/mol. The zero-order valence-electron chi connectivity index (χ0n) is 15.2. The van der Waals surface area contributed by atoms with Gasteiger partial charge in [0, 0.05) is 26.2 Å². The fourth-order valence-electron chi connectivity index (χ4n) is 3.34. The highest BCUT2D eigenvalue weighted by Crippen LogP contribution is 2.39. The molecule has 1 aliphatic heterocycles. The van der Waals surface area contributed by atoms with Gasteiger partial charge in [0.05, 0.1) is 12.6 Å². The second-order valence-electron chi connectivity index (χ2n) is 7.25. The Hall–Kier alpha value is -2.02. The molecule has 1 heterocycles. The third-order valence-electron chi connectivity index (χ3n) is 5.18. The van der Waals surface area contributed by atoms with E-state index in [-0.39, 0.29) is 36.4 Å². The number of sulfonamides is 1. The summed E-state index contributed by atoms with van der Waals surface area (Å²) in [6, 6.07) is 7.50. The lowest BCUT2D eigenvalue weighted by atomic mass is 9.98. The molecule has 1 N–H and O–H groups in total. The van der Waals surface area contributed by atoms with Crippen LogP contribution in [-0.2, 0) is 14.8 Å². The van der Waals surface area contributed by atoms with Crippen LogP contribution in [0.5, 0.6) is 0 Å². The summed E-state index contributed by atoms with van der Waals surface area (Å²) in [5, 5.41) is 12.1. The number of carbonyl (C=O) groups is 1. The molecule has 9 heteroatoms. The normalized spacial score (nSPS) is 21.2. The molecule has 0 bridgehead atoms. The first kappa shape index (κ1) is 19.7. The van der Waals surface area contributed by atoms with Crippen LogP contribution in [0.15, 0.2) is 29.2 Å². The maximum atomic E-state index is 13.9. The monoisotopic (exact) mass is 394 g/mol. The molecule has 0 radical (unpaired) electrons. The highest BCUT2D eigenvalue weighted by atomic mass is 32.2. The number of hydrogen-bond acceptors (Lipinski definition) is 5. The molecule has 0 spiro atoms. The summed E-state index contributed by atoms with van der Waals surface area (Å²) in [5.41, 5.74) is -0.840. The zero-order valence-corrected chi connectivity index (χ0v) is 16.0. The van der Waals surface area contributed by atoms with Crippen LogP contribution < -0.4 is 5.32 Å². The van der Waals surface area contributed by atoms with Gasteiger partial charge in [-0.3, -0.25) is 9.69 Å². The minimum absolute atomic E-state index is 0.109. The maximum absolute atomic E-state index is 13.9. The molecule has 146 valence electrons. The summed E-state index contributed by atoms with van der Waals surface area (Å²) < 4.78 is 40.3. The van der Waals surface area contributed by atoms with Crippen molar-refractivity contribution in [2.75, 3.05) is 32.7 Å². The minimum Gasteiger partial charge on any atom is -0.337 e. The van der Waals surface area contributed by atoms with E-state index in [9.17, 15) is 22.9 Å². The number of nitrogens with one attached hydrogen (secondary N) is 1. The van der Waals surface area contributed by atoms with Gasteiger partial charge in [0.2, 0.25) is 15.9 Å². The summed E-state index contributed by atoms with van der Waals surface area (Å²) in [7, 11) is -3.89. The number of carbonyl (C=O) groups excluding carboxylic acids is 1. The molecule has 1 saturated heterocycles. The summed E-state index contributed by atoms with van der Waals surface area (Å²) in [4.78, 5) is 13.8. The van der Waals surface area contributed by atoms with Gasteiger partial charge < -0.3 is 5.32 Å². The molecule has 1 aliphatic carbocycles. The van der Waals surface area contributed by atoms with Crippen molar-refractivity contribution in [3.63, 3.8) is 0 Å². The van der Waals surface area contributed by atoms with Gasteiger partial charge in [0.1, 0.15) is 16.3 Å². The number of hydrogen-bond donors (Lipinski definition) is 1. The molecule has 0 aromatic heterocycles. The quantitative estimate of drug-likeness (QED) is 0.775. The third-order valence-corrected chi connectivity index (χ3v) is 7.11. The Kier molecular flexibility index (Phi) is 5.51. The fourth-order valence-corrected chi connectivity index (χ4v) is 4.82. The lowest BCUT2D eigenvalue weighted by Crippen LogP contribution is -2.54. The lowest BCUT2D eigenvalue weighted by molar-refractivity contribution is -0.123. The Bertz CT molecular complexity index is 858. The number of piperazine rings is 1. The standard InChI is InChI=1S/C18H23FN4O3S/c1-18(13-20,14-6-7-14)21-17(24)12-22-8-10-23(11-9-22)27(25,26)16-5-3-2-4-15(16)19/h2-5,14H,6-12H2,1H3,(H,21,24)/t18-/m0/s1. The van der Waals surface area contributed by atoms with Gasteiger partial charge in [-0.2, -0.15) is 9.57 Å². The van der Waals surface area contributed by atoms with E-state index in [1.165, 1.54) is 22.5 Å². The highest BCUT2D eigenvalue weighted by Gasteiger charge is 2.43. The van der Waals surface area contributed by atoms with E-state index in [2.05, 4.69) is 11.4 Å². The molecule has 2 fully saturated rings. The molecule has 7 nitrogen and oxygen atoms in total. The first-order valence-corrected chi connectivity index (χ1v) is 10.4. The van der Waals surface area contributed by atoms with Crippen LogP contribution in [0.25, 0.3) is 0 Å². The van der Waals surface area contributed by atoms with Crippen LogP contribution in [0.1, 0.15) is 19.8 Å². The maximum Gasteiger partial charge on any atom is 0.246 e. The van der Waals surface area contributed by atoms with Crippen molar-refractivity contribution in [3.8, 4) is 6.07 Å². The van der Waals surface area contributed by atoms with Crippen LogP contribution in [0.3, 0.4) is 0 Å². The minimum atomic E-state index is -3.89. The second-order valence-corrected chi connectivity index (χ2v) is 9.15. The topological polar surface area (TPSA) is 93.5 Å². The Morgan fingerprint density at radius 2 is 1.93 bits per heavy atom. The highest BCUT2D eigenvalue weighted by molar-refractivity contribution is 7.89. The first-order chi connectivity index (χ1) is 12.8. The van der Waals surface area contributed by atoms with Crippen LogP contribution in [0.2, 0.25) is 0 Å². The van der Waals surface area contributed by atoms with Crippen molar-refractivity contribution < 1.29 is 17.6 Å². The Balaban J connectivity index is 1.55. The Morgan fingerprint density at radius 3 is 2.48 bits per heavy atom. The average Bonchev–Trinajstić information content (AvgIpc) is 3.48. The van der Waals surface area contributed by atoms with Gasteiger partial charge in [0.25, 0.3) is 0 Å². The van der Waals surface area contributed by atoms with Crippen LogP contribution in [0, 0.1) is 23.1 Å². The van der Waals surface area contributed by atoms with E-state index >= 15 is 0 Å². The molecule has 2 aliphatic rings. The summed E-state index contributed by atoms with van der Waals surface area (Å²) in [6.07, 6.45) is 1.88. The number of amides is 1. The smallest absolute Gasteiger partial charge is 0.246 e. The van der Waals surface area contributed by atoms with E-state index < -0.39 is 21.4 Å². The zero-order chi connectivity index (χ0) is 19.7.